The Kier molecular flexibility index (Phi) is 5.21. The third-order valence-electron chi connectivity index (χ3n) is 4.72. The molecule has 0 saturated heterocycles. The van der Waals surface area contributed by atoms with Crippen LogP contribution in [0.5, 0.6) is 0 Å². The van der Waals surface area contributed by atoms with Crippen LogP contribution in [-0.2, 0) is 17.6 Å². The van der Waals surface area contributed by atoms with Crippen molar-refractivity contribution in [3.8, 4) is 0 Å². The quantitative estimate of drug-likeness (QED) is 0.743. The molecule has 0 saturated carbocycles. The van der Waals surface area contributed by atoms with Crippen LogP contribution in [0.25, 0.3) is 10.9 Å². The summed E-state index contributed by atoms with van der Waals surface area (Å²) >= 11 is 0. The molecule has 26 heavy (non-hydrogen) atoms. The zero-order valence-electron chi connectivity index (χ0n) is 15.5. The number of carbonyl (C=O) groups excluding carboxylic acids is 1. The average Bonchev–Trinajstić information content (AvgIpc) is 2.58. The van der Waals surface area contributed by atoms with Crippen molar-refractivity contribution in [3.63, 3.8) is 0 Å². The summed E-state index contributed by atoms with van der Waals surface area (Å²) in [5, 5.41) is 3.86. The van der Waals surface area contributed by atoms with Gasteiger partial charge in [0.2, 0.25) is 5.91 Å². The highest BCUT2D eigenvalue weighted by Crippen LogP contribution is 2.16. The summed E-state index contributed by atoms with van der Waals surface area (Å²) in [6.45, 7) is 6.86. The van der Waals surface area contributed by atoms with Crippen LogP contribution in [-0.4, -0.2) is 17.4 Å². The molecule has 1 amide bonds. The van der Waals surface area contributed by atoms with Gasteiger partial charge in [-0.1, -0.05) is 35.9 Å². The van der Waals surface area contributed by atoms with Gasteiger partial charge in [0.25, 0.3) is 5.56 Å². The van der Waals surface area contributed by atoms with Crippen molar-refractivity contribution in [2.75, 3.05) is 6.54 Å². The molecule has 0 aliphatic rings. The lowest BCUT2D eigenvalue weighted by molar-refractivity contribution is -0.120. The molecule has 0 aliphatic heterocycles. The number of nitrogens with one attached hydrogen (secondary N) is 2. The van der Waals surface area contributed by atoms with E-state index in [1.807, 2.05) is 24.3 Å². The Hall–Kier alpha value is -2.88. The minimum absolute atomic E-state index is 0.0893. The number of hydrogen-bond donors (Lipinski definition) is 2. The number of hydrogen-bond acceptors (Lipinski definition) is 2. The summed E-state index contributed by atoms with van der Waals surface area (Å²) in [7, 11) is 0. The fourth-order valence-electron chi connectivity index (χ4n) is 3.49. The molecule has 0 radical (unpaired) electrons. The first kappa shape index (κ1) is 17.9. The van der Waals surface area contributed by atoms with Gasteiger partial charge in [-0.2, -0.15) is 0 Å². The predicted octanol–water partition coefficient (Wildman–Crippen LogP) is 3.35. The third kappa shape index (κ3) is 4.02. The third-order valence-corrected chi connectivity index (χ3v) is 4.72. The van der Waals surface area contributed by atoms with Crippen molar-refractivity contribution >= 4 is 16.8 Å². The minimum atomic E-state index is -0.205. The Balaban J connectivity index is 1.63. The SMILES string of the molecule is Cc1cc(C)c(CCNC(=O)Cc2cc3ccccc3[nH]c2=O)c(C)c1. The van der Waals surface area contributed by atoms with E-state index in [9.17, 15) is 9.59 Å². The summed E-state index contributed by atoms with van der Waals surface area (Å²) in [5.41, 5.74) is 6.10. The molecular weight excluding hydrogens is 324 g/mol. The molecule has 4 heteroatoms. The maximum atomic E-state index is 12.3. The number of aromatic amines is 1. The lowest BCUT2D eigenvalue weighted by Crippen LogP contribution is -2.29. The molecule has 0 atom stereocenters. The van der Waals surface area contributed by atoms with Gasteiger partial charge in [-0.3, -0.25) is 9.59 Å². The molecule has 3 rings (SSSR count). The second-order valence-corrected chi connectivity index (χ2v) is 6.86. The van der Waals surface area contributed by atoms with Gasteiger partial charge in [-0.05, 0) is 61.4 Å². The van der Waals surface area contributed by atoms with Crippen LogP contribution >= 0.6 is 0 Å². The fourth-order valence-corrected chi connectivity index (χ4v) is 3.49. The van der Waals surface area contributed by atoms with Crippen LogP contribution < -0.4 is 10.9 Å². The molecule has 0 bridgehead atoms. The highest BCUT2D eigenvalue weighted by Gasteiger charge is 2.09. The average molecular weight is 348 g/mol. The van der Waals surface area contributed by atoms with Crippen molar-refractivity contribution in [2.45, 2.75) is 33.6 Å². The van der Waals surface area contributed by atoms with Gasteiger partial charge in [0.1, 0.15) is 0 Å². The monoisotopic (exact) mass is 348 g/mol. The summed E-state index contributed by atoms with van der Waals surface area (Å²) in [5.74, 6) is -0.131. The number of aryl methyl sites for hydroxylation is 3. The summed E-state index contributed by atoms with van der Waals surface area (Å²) in [4.78, 5) is 27.2. The number of fused-ring (bicyclic) bond motifs is 1. The second-order valence-electron chi connectivity index (χ2n) is 6.86. The van der Waals surface area contributed by atoms with E-state index in [1.54, 1.807) is 6.07 Å². The number of carbonyl (C=O) groups is 1. The van der Waals surface area contributed by atoms with Crippen LogP contribution in [0.4, 0.5) is 0 Å². The maximum Gasteiger partial charge on any atom is 0.252 e. The van der Waals surface area contributed by atoms with Crippen molar-refractivity contribution < 1.29 is 4.79 Å². The molecule has 1 heterocycles. The maximum absolute atomic E-state index is 12.3. The second kappa shape index (κ2) is 7.56. The van der Waals surface area contributed by atoms with Crippen LogP contribution in [0, 0.1) is 20.8 Å². The highest BCUT2D eigenvalue weighted by molar-refractivity contribution is 5.82. The number of pyridine rings is 1. The first-order valence-corrected chi connectivity index (χ1v) is 8.88. The molecule has 0 fully saturated rings. The molecule has 0 aliphatic carbocycles. The van der Waals surface area contributed by atoms with E-state index in [0.29, 0.717) is 12.1 Å². The number of aromatic nitrogens is 1. The zero-order chi connectivity index (χ0) is 18.7. The van der Waals surface area contributed by atoms with Crippen LogP contribution in [0.3, 0.4) is 0 Å². The van der Waals surface area contributed by atoms with Crippen molar-refractivity contribution in [3.05, 3.63) is 80.6 Å². The minimum Gasteiger partial charge on any atom is -0.355 e. The van der Waals surface area contributed by atoms with E-state index < -0.39 is 0 Å². The van der Waals surface area contributed by atoms with E-state index in [0.717, 1.165) is 17.3 Å². The van der Waals surface area contributed by atoms with Crippen molar-refractivity contribution in [1.29, 1.82) is 0 Å². The number of benzene rings is 2. The van der Waals surface area contributed by atoms with Crippen molar-refractivity contribution in [2.24, 2.45) is 0 Å². The molecule has 134 valence electrons. The van der Waals surface area contributed by atoms with E-state index in [-0.39, 0.29) is 17.9 Å². The molecule has 2 N–H and O–H groups in total. The van der Waals surface area contributed by atoms with Gasteiger partial charge >= 0.3 is 0 Å². The van der Waals surface area contributed by atoms with Gasteiger partial charge in [-0.15, -0.1) is 0 Å². The molecule has 3 aromatic rings. The van der Waals surface area contributed by atoms with Gasteiger partial charge in [0, 0.05) is 17.6 Å². The Labute approximate surface area is 153 Å². The fraction of sp³-hybridized carbons (Fsp3) is 0.273. The summed E-state index contributed by atoms with van der Waals surface area (Å²) < 4.78 is 0. The number of rotatable bonds is 5. The molecule has 0 unspecified atom stereocenters. The largest absolute Gasteiger partial charge is 0.355 e. The van der Waals surface area contributed by atoms with Crippen molar-refractivity contribution in [1.82, 2.24) is 10.3 Å². The molecule has 2 aromatic carbocycles. The Bertz CT molecular complexity index is 995. The van der Waals surface area contributed by atoms with E-state index >= 15 is 0 Å². The highest BCUT2D eigenvalue weighted by atomic mass is 16.2. The molecular formula is C22H24N2O2. The molecule has 4 nitrogen and oxygen atoms in total. The number of amides is 1. The topological polar surface area (TPSA) is 62.0 Å². The van der Waals surface area contributed by atoms with Crippen LogP contribution in [0.2, 0.25) is 0 Å². The Morgan fingerprint density at radius 2 is 1.73 bits per heavy atom. The zero-order valence-corrected chi connectivity index (χ0v) is 15.5. The van der Waals surface area contributed by atoms with Gasteiger partial charge < -0.3 is 10.3 Å². The van der Waals surface area contributed by atoms with Gasteiger partial charge in [0.05, 0.1) is 6.42 Å². The normalized spacial score (nSPS) is 10.9. The molecule has 0 spiro atoms. The Morgan fingerprint density at radius 3 is 2.46 bits per heavy atom. The number of H-pyrrole nitrogens is 1. The lowest BCUT2D eigenvalue weighted by Gasteiger charge is -2.12. The standard InChI is InChI=1S/C22H24N2O2/c1-14-10-15(2)19(16(3)11-14)8-9-23-21(25)13-18-12-17-6-4-5-7-20(17)24-22(18)26/h4-7,10-12H,8-9,13H2,1-3H3,(H,23,25)(H,24,26). The Morgan fingerprint density at radius 1 is 1.04 bits per heavy atom. The lowest BCUT2D eigenvalue weighted by atomic mass is 9.97. The van der Waals surface area contributed by atoms with Crippen LogP contribution in [0.15, 0.2) is 47.3 Å². The first-order chi connectivity index (χ1) is 12.4. The summed E-state index contributed by atoms with van der Waals surface area (Å²) in [6, 6.07) is 13.7. The van der Waals surface area contributed by atoms with E-state index in [1.165, 1.54) is 22.3 Å². The summed E-state index contributed by atoms with van der Waals surface area (Å²) in [6.07, 6.45) is 0.879. The number of para-hydroxylation sites is 1. The first-order valence-electron chi connectivity index (χ1n) is 8.88. The molecule has 1 aromatic heterocycles. The van der Waals surface area contributed by atoms with E-state index in [4.69, 9.17) is 0 Å². The van der Waals surface area contributed by atoms with E-state index in [2.05, 4.69) is 43.2 Å². The van der Waals surface area contributed by atoms with Gasteiger partial charge in [-0.25, -0.2) is 0 Å². The smallest absolute Gasteiger partial charge is 0.252 e. The van der Waals surface area contributed by atoms with Gasteiger partial charge in [0.15, 0.2) is 0 Å². The predicted molar refractivity (Wildman–Crippen MR) is 106 cm³/mol. The van der Waals surface area contributed by atoms with Crippen LogP contribution in [0.1, 0.15) is 27.8 Å².